The van der Waals surface area contributed by atoms with E-state index < -0.39 is 0 Å². The molecule has 102 valence electrons. The van der Waals surface area contributed by atoms with Gasteiger partial charge < -0.3 is 5.32 Å². The van der Waals surface area contributed by atoms with Gasteiger partial charge in [0.05, 0.1) is 11.2 Å². The van der Waals surface area contributed by atoms with E-state index in [4.69, 9.17) is 4.98 Å². The quantitative estimate of drug-likeness (QED) is 0.884. The molecule has 0 aliphatic heterocycles. The molecule has 1 heterocycles. The van der Waals surface area contributed by atoms with Crippen molar-refractivity contribution in [2.45, 2.75) is 77.8 Å². The van der Waals surface area contributed by atoms with Gasteiger partial charge in [0.1, 0.15) is 5.01 Å². The molecule has 0 spiro atoms. The van der Waals surface area contributed by atoms with E-state index >= 15 is 0 Å². The van der Waals surface area contributed by atoms with E-state index in [-0.39, 0.29) is 5.54 Å². The lowest BCUT2D eigenvalue weighted by Gasteiger charge is -2.38. The maximum Gasteiger partial charge on any atom is 0.113 e. The van der Waals surface area contributed by atoms with Crippen molar-refractivity contribution in [3.05, 3.63) is 15.6 Å². The minimum atomic E-state index is 0.162. The van der Waals surface area contributed by atoms with Crippen molar-refractivity contribution < 1.29 is 0 Å². The summed E-state index contributed by atoms with van der Waals surface area (Å²) in [6.45, 7) is 8.91. The fourth-order valence-corrected chi connectivity index (χ4v) is 4.30. The molecule has 2 nitrogen and oxygen atoms in total. The Balaban J connectivity index is 2.32. The molecule has 1 N–H and O–H groups in total. The summed E-state index contributed by atoms with van der Waals surface area (Å²) < 4.78 is 0. The second-order valence-corrected chi connectivity index (χ2v) is 7.02. The summed E-state index contributed by atoms with van der Waals surface area (Å²) in [4.78, 5) is 6.34. The molecule has 3 heteroatoms. The number of rotatable bonds is 4. The van der Waals surface area contributed by atoms with Gasteiger partial charge >= 0.3 is 0 Å². The van der Waals surface area contributed by atoms with Crippen LogP contribution in [0.1, 0.15) is 68.5 Å². The summed E-state index contributed by atoms with van der Waals surface area (Å²) in [5.74, 6) is 0. The van der Waals surface area contributed by atoms with E-state index in [0.29, 0.717) is 6.04 Å². The molecule has 18 heavy (non-hydrogen) atoms. The van der Waals surface area contributed by atoms with Crippen LogP contribution in [0.4, 0.5) is 0 Å². The van der Waals surface area contributed by atoms with Gasteiger partial charge in [-0.15, -0.1) is 11.3 Å². The molecule has 0 aromatic carbocycles. The van der Waals surface area contributed by atoms with Crippen LogP contribution >= 0.6 is 11.3 Å². The highest BCUT2D eigenvalue weighted by Gasteiger charge is 2.37. The first kappa shape index (κ1) is 14.0. The van der Waals surface area contributed by atoms with Crippen molar-refractivity contribution >= 4 is 11.3 Å². The zero-order valence-corrected chi connectivity index (χ0v) is 13.0. The molecule has 0 radical (unpaired) electrons. The molecular weight excluding hydrogens is 240 g/mol. The van der Waals surface area contributed by atoms with Crippen LogP contribution in [0.3, 0.4) is 0 Å². The molecule has 0 unspecified atom stereocenters. The van der Waals surface area contributed by atoms with E-state index in [1.165, 1.54) is 47.7 Å². The highest BCUT2D eigenvalue weighted by molar-refractivity contribution is 7.11. The van der Waals surface area contributed by atoms with Gasteiger partial charge in [0.15, 0.2) is 0 Å². The topological polar surface area (TPSA) is 24.9 Å². The smallest absolute Gasteiger partial charge is 0.113 e. The van der Waals surface area contributed by atoms with Crippen molar-refractivity contribution in [3.63, 3.8) is 0 Å². The molecule has 0 atom stereocenters. The number of aromatic nitrogens is 1. The van der Waals surface area contributed by atoms with Crippen molar-refractivity contribution in [2.24, 2.45) is 0 Å². The molecule has 2 rings (SSSR count). The normalized spacial score (nSPS) is 19.4. The maximum atomic E-state index is 4.93. The molecule has 1 aromatic rings. The Kier molecular flexibility index (Phi) is 4.44. The van der Waals surface area contributed by atoms with Gasteiger partial charge in [0, 0.05) is 10.9 Å². The van der Waals surface area contributed by atoms with Gasteiger partial charge in [-0.25, -0.2) is 4.98 Å². The first-order valence-corrected chi connectivity index (χ1v) is 8.13. The van der Waals surface area contributed by atoms with E-state index in [9.17, 15) is 0 Å². The van der Waals surface area contributed by atoms with Gasteiger partial charge in [-0.2, -0.15) is 0 Å². The van der Waals surface area contributed by atoms with Gasteiger partial charge in [-0.1, -0.05) is 26.2 Å². The predicted molar refractivity (Wildman–Crippen MR) is 79.3 cm³/mol. The second kappa shape index (κ2) is 5.70. The SMILES string of the molecule is CCc1nc(C2(NC(C)C)CCCCC2)sc1C. The lowest BCUT2D eigenvalue weighted by Crippen LogP contribution is -2.47. The molecule has 1 aliphatic rings. The van der Waals surface area contributed by atoms with Crippen LogP contribution in [0.2, 0.25) is 0 Å². The minimum absolute atomic E-state index is 0.162. The summed E-state index contributed by atoms with van der Waals surface area (Å²) >= 11 is 1.91. The standard InChI is InChI=1S/C15H26N2S/c1-5-13-12(4)18-14(16-13)15(17-11(2)3)9-7-6-8-10-15/h11,17H,5-10H2,1-4H3. The Morgan fingerprint density at radius 3 is 2.44 bits per heavy atom. The van der Waals surface area contributed by atoms with Gasteiger partial charge in [-0.3, -0.25) is 0 Å². The Morgan fingerprint density at radius 2 is 1.94 bits per heavy atom. The molecular formula is C15H26N2S. The predicted octanol–water partition coefficient (Wildman–Crippen LogP) is 4.17. The zero-order valence-electron chi connectivity index (χ0n) is 12.2. The van der Waals surface area contributed by atoms with Crippen LogP contribution in [0.5, 0.6) is 0 Å². The molecule has 0 bridgehead atoms. The number of hydrogen-bond donors (Lipinski definition) is 1. The second-order valence-electron chi connectivity index (χ2n) is 5.82. The van der Waals surface area contributed by atoms with Crippen LogP contribution in [-0.4, -0.2) is 11.0 Å². The Morgan fingerprint density at radius 1 is 1.28 bits per heavy atom. The number of thiazole rings is 1. The number of hydrogen-bond acceptors (Lipinski definition) is 3. The Bertz CT molecular complexity index is 389. The van der Waals surface area contributed by atoms with Crippen LogP contribution in [0.15, 0.2) is 0 Å². The number of aryl methyl sites for hydroxylation is 2. The fraction of sp³-hybridized carbons (Fsp3) is 0.800. The van der Waals surface area contributed by atoms with Gasteiger partial charge in [0.2, 0.25) is 0 Å². The largest absolute Gasteiger partial charge is 0.303 e. The molecule has 1 aliphatic carbocycles. The average Bonchev–Trinajstić information content (AvgIpc) is 2.71. The van der Waals surface area contributed by atoms with E-state index in [1.807, 2.05) is 11.3 Å². The minimum Gasteiger partial charge on any atom is -0.303 e. The maximum absolute atomic E-state index is 4.93. The van der Waals surface area contributed by atoms with E-state index in [2.05, 4.69) is 33.0 Å². The molecule has 0 amide bonds. The lowest BCUT2D eigenvalue weighted by atomic mass is 9.81. The van der Waals surface area contributed by atoms with E-state index in [0.717, 1.165) is 6.42 Å². The summed E-state index contributed by atoms with van der Waals surface area (Å²) in [5.41, 5.74) is 1.46. The lowest BCUT2D eigenvalue weighted by molar-refractivity contribution is 0.216. The third kappa shape index (κ3) is 2.77. The average molecular weight is 266 g/mol. The highest BCUT2D eigenvalue weighted by Crippen LogP contribution is 2.40. The van der Waals surface area contributed by atoms with Crippen molar-refractivity contribution in [2.75, 3.05) is 0 Å². The molecule has 0 saturated heterocycles. The van der Waals surface area contributed by atoms with Crippen molar-refractivity contribution in [1.29, 1.82) is 0 Å². The summed E-state index contributed by atoms with van der Waals surface area (Å²) in [7, 11) is 0. The van der Waals surface area contributed by atoms with Crippen LogP contribution in [0, 0.1) is 6.92 Å². The van der Waals surface area contributed by atoms with Crippen molar-refractivity contribution in [1.82, 2.24) is 10.3 Å². The molecule has 1 aromatic heterocycles. The summed E-state index contributed by atoms with van der Waals surface area (Å²) in [6, 6.07) is 0.525. The first-order valence-electron chi connectivity index (χ1n) is 7.32. The fourth-order valence-electron chi connectivity index (χ4n) is 3.09. The number of nitrogens with zero attached hydrogens (tertiary/aromatic N) is 1. The third-order valence-corrected chi connectivity index (χ3v) is 5.13. The van der Waals surface area contributed by atoms with Crippen LogP contribution in [0.25, 0.3) is 0 Å². The Hall–Kier alpha value is -0.410. The van der Waals surface area contributed by atoms with Crippen LogP contribution in [-0.2, 0) is 12.0 Å². The monoisotopic (exact) mass is 266 g/mol. The summed E-state index contributed by atoms with van der Waals surface area (Å²) in [5, 5.41) is 5.16. The number of nitrogens with one attached hydrogen (secondary N) is 1. The third-order valence-electron chi connectivity index (χ3n) is 3.91. The molecule has 1 saturated carbocycles. The van der Waals surface area contributed by atoms with Gasteiger partial charge in [-0.05, 0) is 40.0 Å². The van der Waals surface area contributed by atoms with Crippen LogP contribution < -0.4 is 5.32 Å². The Labute approximate surface area is 115 Å². The highest BCUT2D eigenvalue weighted by atomic mass is 32.1. The molecule has 1 fully saturated rings. The van der Waals surface area contributed by atoms with E-state index in [1.54, 1.807) is 0 Å². The zero-order chi connectivity index (χ0) is 13.2. The van der Waals surface area contributed by atoms with Gasteiger partial charge in [0.25, 0.3) is 0 Å². The first-order chi connectivity index (χ1) is 8.57. The summed E-state index contributed by atoms with van der Waals surface area (Å²) in [6.07, 6.45) is 7.61. The van der Waals surface area contributed by atoms with Crippen molar-refractivity contribution in [3.8, 4) is 0 Å².